The lowest BCUT2D eigenvalue weighted by atomic mass is 10.1. The third-order valence-electron chi connectivity index (χ3n) is 5.48. The van der Waals surface area contributed by atoms with Crippen molar-refractivity contribution in [3.63, 3.8) is 0 Å². The van der Waals surface area contributed by atoms with Crippen molar-refractivity contribution in [2.75, 3.05) is 26.2 Å². The van der Waals surface area contributed by atoms with E-state index in [2.05, 4.69) is 4.90 Å². The quantitative estimate of drug-likeness (QED) is 0.168. The molecule has 0 unspecified atom stereocenters. The standard InChI is InChI=1S/C24H47NO3/c26-22-16-11-7-3-1-5-9-13-19-25(21-15-18-24-28)20-14-10-6-2-4-8-12-17-23-27/h22-23,28H,1-21,24H2. The molecule has 0 fully saturated rings. The number of rotatable bonds is 24. The highest BCUT2D eigenvalue weighted by Gasteiger charge is 2.04. The Hall–Kier alpha value is -0.740. The molecule has 0 rings (SSSR count). The molecule has 0 atom stereocenters. The first-order valence-electron chi connectivity index (χ1n) is 12.1. The second kappa shape index (κ2) is 24.3. The van der Waals surface area contributed by atoms with Gasteiger partial charge in [0, 0.05) is 19.4 Å². The first-order chi connectivity index (χ1) is 13.8. The van der Waals surface area contributed by atoms with Gasteiger partial charge in [-0.05, 0) is 58.2 Å². The molecule has 0 heterocycles. The molecular formula is C24H47NO3. The smallest absolute Gasteiger partial charge is 0.119 e. The summed E-state index contributed by atoms with van der Waals surface area (Å²) < 4.78 is 0. The summed E-state index contributed by atoms with van der Waals surface area (Å²) in [6.07, 6.45) is 23.0. The monoisotopic (exact) mass is 397 g/mol. The summed E-state index contributed by atoms with van der Waals surface area (Å²) in [5.74, 6) is 0. The second-order valence-corrected chi connectivity index (χ2v) is 8.13. The van der Waals surface area contributed by atoms with Crippen LogP contribution in [0.15, 0.2) is 0 Å². The van der Waals surface area contributed by atoms with Gasteiger partial charge < -0.3 is 19.6 Å². The molecule has 4 heteroatoms. The van der Waals surface area contributed by atoms with Crippen LogP contribution in [-0.4, -0.2) is 48.8 Å². The van der Waals surface area contributed by atoms with Crippen molar-refractivity contribution in [1.82, 2.24) is 4.90 Å². The number of aliphatic hydroxyl groups is 1. The Morgan fingerprint density at radius 3 is 1.14 bits per heavy atom. The third kappa shape index (κ3) is 21.6. The number of unbranched alkanes of at least 4 members (excludes halogenated alkanes) is 15. The van der Waals surface area contributed by atoms with Gasteiger partial charge in [0.1, 0.15) is 12.6 Å². The van der Waals surface area contributed by atoms with Gasteiger partial charge in [0.2, 0.25) is 0 Å². The Kier molecular flexibility index (Phi) is 23.7. The summed E-state index contributed by atoms with van der Waals surface area (Å²) in [4.78, 5) is 23.2. The number of aldehydes is 2. The molecule has 0 saturated heterocycles. The van der Waals surface area contributed by atoms with Crippen LogP contribution in [0.5, 0.6) is 0 Å². The van der Waals surface area contributed by atoms with Crippen LogP contribution in [0, 0.1) is 0 Å². The molecule has 0 radical (unpaired) electrons. The summed E-state index contributed by atoms with van der Waals surface area (Å²) in [7, 11) is 0. The average molecular weight is 398 g/mol. The van der Waals surface area contributed by atoms with E-state index in [1.165, 1.54) is 90.1 Å². The molecule has 166 valence electrons. The van der Waals surface area contributed by atoms with Crippen molar-refractivity contribution in [1.29, 1.82) is 0 Å². The van der Waals surface area contributed by atoms with Gasteiger partial charge in [-0.25, -0.2) is 0 Å². The normalized spacial score (nSPS) is 11.2. The van der Waals surface area contributed by atoms with E-state index in [0.29, 0.717) is 6.61 Å². The maximum Gasteiger partial charge on any atom is 0.119 e. The van der Waals surface area contributed by atoms with Crippen LogP contribution in [0.4, 0.5) is 0 Å². The van der Waals surface area contributed by atoms with Gasteiger partial charge in [-0.1, -0.05) is 64.2 Å². The largest absolute Gasteiger partial charge is 0.396 e. The molecule has 0 aromatic heterocycles. The fourth-order valence-electron chi connectivity index (χ4n) is 3.68. The first-order valence-corrected chi connectivity index (χ1v) is 12.1. The van der Waals surface area contributed by atoms with Gasteiger partial charge in [0.15, 0.2) is 0 Å². The van der Waals surface area contributed by atoms with E-state index in [1.54, 1.807) is 0 Å². The summed E-state index contributed by atoms with van der Waals surface area (Å²) >= 11 is 0. The Balaban J connectivity index is 3.64. The van der Waals surface area contributed by atoms with Crippen molar-refractivity contribution >= 4 is 12.6 Å². The molecule has 0 aliphatic rings. The number of carbonyl (C=O) groups excluding carboxylic acids is 2. The van der Waals surface area contributed by atoms with Gasteiger partial charge in [0.25, 0.3) is 0 Å². The molecule has 0 bridgehead atoms. The van der Waals surface area contributed by atoms with Crippen molar-refractivity contribution < 1.29 is 14.7 Å². The van der Waals surface area contributed by atoms with E-state index in [4.69, 9.17) is 5.11 Å². The zero-order chi connectivity index (χ0) is 20.5. The molecule has 4 nitrogen and oxygen atoms in total. The maximum absolute atomic E-state index is 10.3. The van der Waals surface area contributed by atoms with E-state index >= 15 is 0 Å². The molecule has 0 aliphatic heterocycles. The molecule has 0 aromatic rings. The molecule has 28 heavy (non-hydrogen) atoms. The van der Waals surface area contributed by atoms with Gasteiger partial charge in [-0.15, -0.1) is 0 Å². The van der Waals surface area contributed by atoms with Crippen LogP contribution >= 0.6 is 0 Å². The second-order valence-electron chi connectivity index (χ2n) is 8.13. The minimum absolute atomic E-state index is 0.308. The summed E-state index contributed by atoms with van der Waals surface area (Å²) in [5, 5.41) is 9.02. The molecule has 0 aliphatic carbocycles. The number of hydrogen-bond acceptors (Lipinski definition) is 4. The molecule has 1 N–H and O–H groups in total. The van der Waals surface area contributed by atoms with Crippen LogP contribution in [0.3, 0.4) is 0 Å². The lowest BCUT2D eigenvalue weighted by Crippen LogP contribution is -2.27. The predicted molar refractivity (Wildman–Crippen MR) is 119 cm³/mol. The zero-order valence-corrected chi connectivity index (χ0v) is 18.4. The number of aliphatic hydroxyl groups excluding tert-OH is 1. The Morgan fingerprint density at radius 2 is 0.786 bits per heavy atom. The van der Waals surface area contributed by atoms with Crippen molar-refractivity contribution in [2.24, 2.45) is 0 Å². The molecule has 0 amide bonds. The minimum Gasteiger partial charge on any atom is -0.396 e. The number of hydrogen-bond donors (Lipinski definition) is 1. The molecule has 0 spiro atoms. The molecule has 0 saturated carbocycles. The zero-order valence-electron chi connectivity index (χ0n) is 18.4. The summed E-state index contributed by atoms with van der Waals surface area (Å²) in [5.41, 5.74) is 0. The predicted octanol–water partition coefficient (Wildman–Crippen LogP) is 5.70. The topological polar surface area (TPSA) is 57.6 Å². The highest BCUT2D eigenvalue weighted by Crippen LogP contribution is 2.11. The lowest BCUT2D eigenvalue weighted by molar-refractivity contribution is -0.108. The first kappa shape index (κ1) is 27.3. The Morgan fingerprint density at radius 1 is 0.464 bits per heavy atom. The van der Waals surface area contributed by atoms with Gasteiger partial charge in [-0.3, -0.25) is 0 Å². The maximum atomic E-state index is 10.3. The lowest BCUT2D eigenvalue weighted by Gasteiger charge is -2.22. The van der Waals surface area contributed by atoms with Gasteiger partial charge in [0.05, 0.1) is 0 Å². The van der Waals surface area contributed by atoms with Crippen LogP contribution in [0.2, 0.25) is 0 Å². The van der Waals surface area contributed by atoms with Gasteiger partial charge >= 0.3 is 0 Å². The van der Waals surface area contributed by atoms with Crippen LogP contribution in [0.1, 0.15) is 116 Å². The molecule has 0 aromatic carbocycles. The van der Waals surface area contributed by atoms with Crippen molar-refractivity contribution in [3.05, 3.63) is 0 Å². The summed E-state index contributed by atoms with van der Waals surface area (Å²) in [6.45, 7) is 3.82. The minimum atomic E-state index is 0.308. The van der Waals surface area contributed by atoms with E-state index < -0.39 is 0 Å². The number of carbonyl (C=O) groups is 2. The van der Waals surface area contributed by atoms with Crippen molar-refractivity contribution in [2.45, 2.75) is 116 Å². The highest BCUT2D eigenvalue weighted by molar-refractivity contribution is 5.49. The average Bonchev–Trinajstić information content (AvgIpc) is 2.71. The van der Waals surface area contributed by atoms with Crippen molar-refractivity contribution in [3.8, 4) is 0 Å². The SMILES string of the molecule is O=CCCCCCCCCCN(CCCCO)CCCCCCCCCC=O. The summed E-state index contributed by atoms with van der Waals surface area (Å²) in [6, 6.07) is 0. The third-order valence-corrected chi connectivity index (χ3v) is 5.48. The van der Waals surface area contributed by atoms with Crippen LogP contribution in [0.25, 0.3) is 0 Å². The van der Waals surface area contributed by atoms with E-state index in [0.717, 1.165) is 57.6 Å². The molecular weight excluding hydrogens is 350 g/mol. The van der Waals surface area contributed by atoms with E-state index in [1.807, 2.05) is 0 Å². The highest BCUT2D eigenvalue weighted by atomic mass is 16.2. The fraction of sp³-hybridized carbons (Fsp3) is 0.917. The van der Waals surface area contributed by atoms with Crippen LogP contribution in [-0.2, 0) is 9.59 Å². The fourth-order valence-corrected chi connectivity index (χ4v) is 3.68. The van der Waals surface area contributed by atoms with E-state index in [-0.39, 0.29) is 0 Å². The van der Waals surface area contributed by atoms with Crippen LogP contribution < -0.4 is 0 Å². The Bertz CT molecular complexity index is 297. The van der Waals surface area contributed by atoms with Gasteiger partial charge in [-0.2, -0.15) is 0 Å². The Labute approximate surface area is 174 Å². The number of nitrogens with zero attached hydrogens (tertiary/aromatic N) is 1. The van der Waals surface area contributed by atoms with E-state index in [9.17, 15) is 9.59 Å².